The van der Waals surface area contributed by atoms with Gasteiger partial charge in [-0.15, -0.1) is 0 Å². The maximum Gasteiger partial charge on any atom is 0.263 e. The van der Waals surface area contributed by atoms with E-state index >= 15 is 0 Å². The van der Waals surface area contributed by atoms with E-state index in [1.54, 1.807) is 25.4 Å². The van der Waals surface area contributed by atoms with Crippen molar-refractivity contribution in [1.82, 2.24) is 4.57 Å². The quantitative estimate of drug-likeness (QED) is 0.925. The smallest absolute Gasteiger partial charge is 0.263 e. The number of halogens is 1. The molecule has 0 unspecified atom stereocenters. The lowest BCUT2D eigenvalue weighted by Crippen LogP contribution is -2.27. The number of amides is 1. The molecule has 0 atom stereocenters. The fourth-order valence-corrected chi connectivity index (χ4v) is 1.94. The Bertz CT molecular complexity index is 692. The molecule has 1 aromatic carbocycles. The minimum Gasteiger partial charge on any atom is -0.322 e. The second-order valence-corrected chi connectivity index (χ2v) is 5.11. The van der Waals surface area contributed by atoms with Crippen LogP contribution in [0.1, 0.15) is 15.9 Å². The van der Waals surface area contributed by atoms with Crippen LogP contribution in [0, 0.1) is 6.92 Å². The summed E-state index contributed by atoms with van der Waals surface area (Å²) in [6.45, 7) is 1.93. The zero-order chi connectivity index (χ0) is 14.0. The van der Waals surface area contributed by atoms with Crippen LogP contribution in [0.4, 0.5) is 5.69 Å². The van der Waals surface area contributed by atoms with E-state index in [1.807, 2.05) is 19.1 Å². The molecule has 0 spiro atoms. The molecule has 0 fully saturated rings. The molecule has 2 rings (SSSR count). The van der Waals surface area contributed by atoms with Crippen molar-refractivity contribution in [2.45, 2.75) is 6.92 Å². The number of nitrogens with zero attached hydrogens (tertiary/aromatic N) is 1. The van der Waals surface area contributed by atoms with Gasteiger partial charge in [0.25, 0.3) is 11.5 Å². The van der Waals surface area contributed by atoms with Gasteiger partial charge in [-0.25, -0.2) is 0 Å². The average molecular weight is 321 g/mol. The number of carbonyl (C=O) groups is 1. The first kappa shape index (κ1) is 13.5. The molecular formula is C14H13BrN2O2. The van der Waals surface area contributed by atoms with Crippen LogP contribution in [0.5, 0.6) is 0 Å². The van der Waals surface area contributed by atoms with E-state index in [-0.39, 0.29) is 11.1 Å². The topological polar surface area (TPSA) is 51.1 Å². The number of benzene rings is 1. The summed E-state index contributed by atoms with van der Waals surface area (Å²) >= 11 is 3.40. The minimum absolute atomic E-state index is 0.130. The number of nitrogens with one attached hydrogen (secondary N) is 1. The van der Waals surface area contributed by atoms with E-state index in [1.165, 1.54) is 10.6 Å². The van der Waals surface area contributed by atoms with Gasteiger partial charge in [-0.1, -0.05) is 15.9 Å². The highest BCUT2D eigenvalue weighted by Crippen LogP contribution is 2.20. The van der Waals surface area contributed by atoms with E-state index in [0.29, 0.717) is 5.69 Å². The summed E-state index contributed by atoms with van der Waals surface area (Å²) in [5, 5.41) is 2.72. The summed E-state index contributed by atoms with van der Waals surface area (Å²) in [7, 11) is 1.61. The number of pyridine rings is 1. The third-order valence-electron chi connectivity index (χ3n) is 2.78. The highest BCUT2D eigenvalue weighted by atomic mass is 79.9. The van der Waals surface area contributed by atoms with E-state index < -0.39 is 5.91 Å². The van der Waals surface area contributed by atoms with Crippen molar-refractivity contribution in [2.24, 2.45) is 7.05 Å². The van der Waals surface area contributed by atoms with Crippen molar-refractivity contribution < 1.29 is 4.79 Å². The first-order valence-electron chi connectivity index (χ1n) is 5.72. The Hall–Kier alpha value is -1.88. The van der Waals surface area contributed by atoms with Gasteiger partial charge in [0.15, 0.2) is 0 Å². The van der Waals surface area contributed by atoms with Crippen molar-refractivity contribution in [1.29, 1.82) is 0 Å². The van der Waals surface area contributed by atoms with Gasteiger partial charge in [0.2, 0.25) is 0 Å². The third-order valence-corrected chi connectivity index (χ3v) is 3.67. The molecule has 0 aliphatic carbocycles. The highest BCUT2D eigenvalue weighted by molar-refractivity contribution is 9.10. The van der Waals surface area contributed by atoms with Gasteiger partial charge in [-0.2, -0.15) is 0 Å². The van der Waals surface area contributed by atoms with Crippen LogP contribution in [-0.2, 0) is 7.05 Å². The zero-order valence-corrected chi connectivity index (χ0v) is 12.2. The molecule has 0 radical (unpaired) electrons. The van der Waals surface area contributed by atoms with Crippen LogP contribution in [0.25, 0.3) is 0 Å². The number of rotatable bonds is 2. The highest BCUT2D eigenvalue weighted by Gasteiger charge is 2.11. The average Bonchev–Trinajstić information content (AvgIpc) is 2.37. The molecule has 0 saturated heterocycles. The number of aryl methyl sites for hydroxylation is 2. The van der Waals surface area contributed by atoms with Gasteiger partial charge in [0, 0.05) is 23.4 Å². The predicted octanol–water partition coefficient (Wildman–Crippen LogP) is 2.71. The largest absolute Gasteiger partial charge is 0.322 e. The first-order valence-corrected chi connectivity index (χ1v) is 6.51. The van der Waals surface area contributed by atoms with E-state index in [9.17, 15) is 9.59 Å². The minimum atomic E-state index is -0.400. The van der Waals surface area contributed by atoms with Crippen molar-refractivity contribution >= 4 is 27.5 Å². The van der Waals surface area contributed by atoms with Crippen LogP contribution in [0.2, 0.25) is 0 Å². The molecule has 4 nitrogen and oxygen atoms in total. The predicted molar refractivity (Wildman–Crippen MR) is 78.5 cm³/mol. The fourth-order valence-electron chi connectivity index (χ4n) is 1.69. The van der Waals surface area contributed by atoms with Crippen LogP contribution >= 0.6 is 15.9 Å². The van der Waals surface area contributed by atoms with Crippen molar-refractivity contribution in [2.75, 3.05) is 5.32 Å². The number of carbonyl (C=O) groups excluding carboxylic acids is 1. The lowest BCUT2D eigenvalue weighted by atomic mass is 10.2. The van der Waals surface area contributed by atoms with Gasteiger partial charge in [-0.3, -0.25) is 9.59 Å². The van der Waals surface area contributed by atoms with Crippen LogP contribution < -0.4 is 10.9 Å². The number of hydrogen-bond donors (Lipinski definition) is 1. The Kier molecular flexibility index (Phi) is 3.85. The summed E-state index contributed by atoms with van der Waals surface area (Å²) in [6, 6.07) is 8.67. The summed E-state index contributed by atoms with van der Waals surface area (Å²) in [5.41, 5.74) is 1.50. The summed E-state index contributed by atoms with van der Waals surface area (Å²) in [6.07, 6.45) is 1.61. The zero-order valence-electron chi connectivity index (χ0n) is 10.6. The molecule has 1 aromatic heterocycles. The Morgan fingerprint density at radius 2 is 2.05 bits per heavy atom. The number of hydrogen-bond acceptors (Lipinski definition) is 2. The van der Waals surface area contributed by atoms with Gasteiger partial charge >= 0.3 is 0 Å². The summed E-state index contributed by atoms with van der Waals surface area (Å²) in [4.78, 5) is 23.9. The Balaban J connectivity index is 2.28. The monoisotopic (exact) mass is 320 g/mol. The lowest BCUT2D eigenvalue weighted by Gasteiger charge is -2.07. The van der Waals surface area contributed by atoms with Gasteiger partial charge in [0.1, 0.15) is 5.56 Å². The first-order chi connectivity index (χ1) is 8.99. The molecule has 0 saturated carbocycles. The van der Waals surface area contributed by atoms with Crippen LogP contribution in [0.3, 0.4) is 0 Å². The second-order valence-electron chi connectivity index (χ2n) is 4.26. The van der Waals surface area contributed by atoms with Crippen LogP contribution in [0.15, 0.2) is 45.8 Å². The molecule has 98 valence electrons. The van der Waals surface area contributed by atoms with Crippen LogP contribution in [-0.4, -0.2) is 10.5 Å². The summed E-state index contributed by atoms with van der Waals surface area (Å²) in [5.74, 6) is -0.400. The molecule has 2 aromatic rings. The SMILES string of the molecule is Cc1cc(NC(=O)c2cccn(C)c2=O)ccc1Br. The van der Waals surface area contributed by atoms with Gasteiger partial charge in [0.05, 0.1) is 0 Å². The van der Waals surface area contributed by atoms with Gasteiger partial charge in [-0.05, 0) is 42.8 Å². The molecular weight excluding hydrogens is 308 g/mol. The molecule has 5 heteroatoms. The van der Waals surface area contributed by atoms with E-state index in [2.05, 4.69) is 21.2 Å². The number of aromatic nitrogens is 1. The third kappa shape index (κ3) is 2.93. The molecule has 1 heterocycles. The molecule has 1 N–H and O–H groups in total. The second kappa shape index (κ2) is 5.40. The molecule has 0 aliphatic heterocycles. The molecule has 19 heavy (non-hydrogen) atoms. The van der Waals surface area contributed by atoms with E-state index in [0.717, 1.165) is 10.0 Å². The maximum atomic E-state index is 12.0. The Morgan fingerprint density at radius 3 is 2.74 bits per heavy atom. The van der Waals surface area contributed by atoms with Crippen molar-refractivity contribution in [3.05, 3.63) is 62.5 Å². The maximum absolute atomic E-state index is 12.0. The fraction of sp³-hybridized carbons (Fsp3) is 0.143. The van der Waals surface area contributed by atoms with Crippen molar-refractivity contribution in [3.8, 4) is 0 Å². The van der Waals surface area contributed by atoms with Gasteiger partial charge < -0.3 is 9.88 Å². The Morgan fingerprint density at radius 1 is 1.32 bits per heavy atom. The van der Waals surface area contributed by atoms with Crippen molar-refractivity contribution in [3.63, 3.8) is 0 Å². The molecule has 0 bridgehead atoms. The number of anilines is 1. The standard InChI is InChI=1S/C14H13BrN2O2/c1-9-8-10(5-6-12(9)15)16-13(18)11-4-3-7-17(2)14(11)19/h3-8H,1-2H3,(H,16,18). The lowest BCUT2D eigenvalue weighted by molar-refractivity contribution is 0.102. The van der Waals surface area contributed by atoms with E-state index in [4.69, 9.17) is 0 Å². The summed E-state index contributed by atoms with van der Waals surface area (Å²) < 4.78 is 2.35. The normalized spacial score (nSPS) is 10.3. The Labute approximate surface area is 119 Å². The molecule has 0 aliphatic rings. The molecule has 1 amide bonds.